The number of hydrogen-bond acceptors (Lipinski definition) is 13. The van der Waals surface area contributed by atoms with Crippen LogP contribution in [0.2, 0.25) is 0 Å². The molecule has 0 spiro atoms. The molecular weight excluding hydrogens is 863 g/mol. The van der Waals surface area contributed by atoms with Crippen LogP contribution in [0.1, 0.15) is 84.0 Å². The molecule has 2 aromatic carbocycles. The number of ketones is 1. The van der Waals surface area contributed by atoms with E-state index in [0.717, 1.165) is 11.1 Å². The maximum Gasteiger partial charge on any atom is 0.333 e. The number of nitrogens with zero attached hydrogens (tertiary/aromatic N) is 3. The molecule has 1 aliphatic rings. The van der Waals surface area contributed by atoms with Crippen LogP contribution in [0.25, 0.3) is 0 Å². The van der Waals surface area contributed by atoms with Gasteiger partial charge in [0.05, 0.1) is 32.3 Å². The number of benzene rings is 2. The molecule has 4 rings (SSSR count). The molecule has 0 saturated carbocycles. The summed E-state index contributed by atoms with van der Waals surface area (Å²) in [5.41, 5.74) is 0.514. The average Bonchev–Trinajstić information content (AvgIpc) is 3.83. The number of aromatic nitrogens is 3. The largest absolute Gasteiger partial charge is 0.450 e. The Morgan fingerprint density at radius 2 is 1.33 bits per heavy atom. The smallest absolute Gasteiger partial charge is 0.333 e. The Balaban J connectivity index is 1.49. The van der Waals surface area contributed by atoms with E-state index in [2.05, 4.69) is 42.0 Å². The monoisotopic (exact) mass is 932 g/mol. The van der Waals surface area contributed by atoms with Gasteiger partial charge in [0.1, 0.15) is 37.0 Å². The molecule has 3 aromatic rings. The second-order valence-corrected chi connectivity index (χ2v) is 17.8. The third kappa shape index (κ3) is 19.0. The number of ether oxygens (including phenoxy) is 3. The number of aryl methyl sites for hydroxylation is 1. The lowest BCUT2D eigenvalue weighted by atomic mass is 9.87. The first-order valence-electron chi connectivity index (χ1n) is 23.1. The van der Waals surface area contributed by atoms with Crippen LogP contribution in [0.15, 0.2) is 66.9 Å². The van der Waals surface area contributed by atoms with E-state index in [1.165, 1.54) is 13.1 Å². The van der Waals surface area contributed by atoms with Crippen LogP contribution in [0, 0.1) is 11.8 Å². The van der Waals surface area contributed by atoms with Crippen LogP contribution in [0.5, 0.6) is 0 Å². The normalized spacial score (nSPS) is 15.6. The SMILES string of the molecule is CC[C@@](C)(OC(=O)COCC(=O)NCc1c[nH]nn1)C(=O)[C@H](CC(C)C)NC(=O)[C@H](Cc1ccccc1)NC(=O)[C@H](CC(C)C)NC(=O)[C@H](CCc1ccccc1)NC(=O)CN1CCOCC1. The van der Waals surface area contributed by atoms with Crippen molar-refractivity contribution in [1.82, 2.24) is 46.9 Å². The second kappa shape index (κ2) is 27.6. The molecule has 1 aliphatic heterocycles. The number of morpholine rings is 1. The van der Waals surface area contributed by atoms with Gasteiger partial charge in [0.25, 0.3) is 0 Å². The Kier molecular flexibility index (Phi) is 22.0. The molecule has 1 fully saturated rings. The third-order valence-corrected chi connectivity index (χ3v) is 11.2. The van der Waals surface area contributed by atoms with Gasteiger partial charge in [-0.3, -0.25) is 38.8 Å². The fourth-order valence-electron chi connectivity index (χ4n) is 7.43. The minimum Gasteiger partial charge on any atom is -0.450 e. The Labute approximate surface area is 393 Å². The number of H-pyrrole nitrogens is 1. The van der Waals surface area contributed by atoms with E-state index >= 15 is 0 Å². The molecule has 1 saturated heterocycles. The summed E-state index contributed by atoms with van der Waals surface area (Å²) in [6.07, 6.45) is 2.78. The van der Waals surface area contributed by atoms with Crippen LogP contribution in [-0.4, -0.2) is 137 Å². The van der Waals surface area contributed by atoms with Crippen LogP contribution >= 0.6 is 0 Å². The van der Waals surface area contributed by atoms with Gasteiger partial charge in [-0.2, -0.15) is 0 Å². The van der Waals surface area contributed by atoms with Crippen molar-refractivity contribution in [2.75, 3.05) is 46.1 Å². The maximum atomic E-state index is 14.4. The summed E-state index contributed by atoms with van der Waals surface area (Å²) in [7, 11) is 0. The highest BCUT2D eigenvalue weighted by Crippen LogP contribution is 2.23. The van der Waals surface area contributed by atoms with E-state index < -0.39 is 78.4 Å². The highest BCUT2D eigenvalue weighted by Gasteiger charge is 2.42. The average molecular weight is 932 g/mol. The van der Waals surface area contributed by atoms with E-state index in [0.29, 0.717) is 38.4 Å². The Morgan fingerprint density at radius 1 is 0.746 bits per heavy atom. The molecule has 0 aliphatic carbocycles. The number of rotatable bonds is 28. The van der Waals surface area contributed by atoms with Crippen LogP contribution in [-0.2, 0) is 67.2 Å². The predicted molar refractivity (Wildman–Crippen MR) is 248 cm³/mol. The molecule has 5 atom stereocenters. The molecule has 366 valence electrons. The molecule has 67 heavy (non-hydrogen) atoms. The van der Waals surface area contributed by atoms with Gasteiger partial charge < -0.3 is 40.8 Å². The summed E-state index contributed by atoms with van der Waals surface area (Å²) in [5.74, 6) is -4.26. The van der Waals surface area contributed by atoms with Crippen LogP contribution in [0.3, 0.4) is 0 Å². The van der Waals surface area contributed by atoms with Gasteiger partial charge >= 0.3 is 5.97 Å². The van der Waals surface area contributed by atoms with Crippen molar-refractivity contribution < 1.29 is 47.8 Å². The molecular formula is C48H69N9O10. The number of aromatic amines is 1. The van der Waals surface area contributed by atoms with Gasteiger partial charge in [0.15, 0.2) is 11.4 Å². The first-order valence-corrected chi connectivity index (χ1v) is 23.1. The standard InChI is InChI=1S/C48H69N9O10/c1-7-48(6,67-43(60)31-66-30-42(59)49-27-36-28-50-56-55-36)44(61)38(24-32(2)3)52-47(64)40(26-35-16-12-9-13-17-35)54-46(63)39(25-33(4)5)53-45(62)37(19-18-34-14-10-8-11-15-34)51-41(58)29-57-20-22-65-23-21-57/h8-17,28,32-33,37-40H,7,18-27,29-31H2,1-6H3,(H,49,59)(H,51,58)(H,52,64)(H,53,62)(H,54,63)(H,50,55,56)/t37-,38-,39-,40-,48+/m0/s1. The van der Waals surface area contributed by atoms with Crippen LogP contribution in [0.4, 0.5) is 0 Å². The molecule has 1 aromatic heterocycles. The zero-order chi connectivity index (χ0) is 48.8. The number of carbonyl (C=O) groups is 7. The van der Waals surface area contributed by atoms with Crippen molar-refractivity contribution in [3.05, 3.63) is 83.7 Å². The summed E-state index contributed by atoms with van der Waals surface area (Å²) in [6.45, 7) is 12.0. The Morgan fingerprint density at radius 3 is 1.94 bits per heavy atom. The van der Waals surface area contributed by atoms with E-state index in [-0.39, 0.29) is 62.9 Å². The van der Waals surface area contributed by atoms with Gasteiger partial charge in [0.2, 0.25) is 29.5 Å². The van der Waals surface area contributed by atoms with Crippen molar-refractivity contribution >= 4 is 41.3 Å². The number of Topliss-reactive ketones (excluding diaryl/α,β-unsaturated/α-hetero) is 1. The lowest BCUT2D eigenvalue weighted by Gasteiger charge is -2.33. The number of hydrogen-bond donors (Lipinski definition) is 6. The predicted octanol–water partition coefficient (Wildman–Crippen LogP) is 1.96. The van der Waals surface area contributed by atoms with Gasteiger partial charge in [0, 0.05) is 25.7 Å². The minimum atomic E-state index is -1.69. The summed E-state index contributed by atoms with van der Waals surface area (Å²) in [4.78, 5) is 97.8. The van der Waals surface area contributed by atoms with Crippen LogP contribution < -0.4 is 26.6 Å². The molecule has 2 heterocycles. The van der Waals surface area contributed by atoms with E-state index in [4.69, 9.17) is 14.2 Å². The molecule has 0 radical (unpaired) electrons. The molecule has 19 nitrogen and oxygen atoms in total. The van der Waals surface area contributed by atoms with Crippen molar-refractivity contribution in [3.63, 3.8) is 0 Å². The summed E-state index contributed by atoms with van der Waals surface area (Å²) in [5, 5.41) is 24.0. The second-order valence-electron chi connectivity index (χ2n) is 17.8. The number of nitrogens with one attached hydrogen (secondary N) is 6. The Bertz CT molecular complexity index is 2030. The lowest BCUT2D eigenvalue weighted by molar-refractivity contribution is -0.171. The first-order chi connectivity index (χ1) is 32.0. The van der Waals surface area contributed by atoms with E-state index in [1.807, 2.05) is 81.1 Å². The highest BCUT2D eigenvalue weighted by atomic mass is 16.6. The maximum absolute atomic E-state index is 14.4. The quantitative estimate of drug-likeness (QED) is 0.0571. The minimum absolute atomic E-state index is 0.0458. The topological polar surface area (TPSA) is 252 Å². The highest BCUT2D eigenvalue weighted by molar-refractivity contribution is 5.98. The fraction of sp³-hybridized carbons (Fsp3) is 0.562. The van der Waals surface area contributed by atoms with Crippen molar-refractivity contribution in [1.29, 1.82) is 0 Å². The van der Waals surface area contributed by atoms with Gasteiger partial charge in [-0.05, 0) is 62.0 Å². The van der Waals surface area contributed by atoms with E-state index in [9.17, 15) is 33.6 Å². The molecule has 0 unspecified atom stereocenters. The number of esters is 1. The zero-order valence-electron chi connectivity index (χ0n) is 39.6. The fourth-order valence-corrected chi connectivity index (χ4v) is 7.43. The molecule has 19 heteroatoms. The van der Waals surface area contributed by atoms with Gasteiger partial charge in [-0.1, -0.05) is 100 Å². The summed E-state index contributed by atoms with van der Waals surface area (Å²) < 4.78 is 16.4. The van der Waals surface area contributed by atoms with Crippen molar-refractivity contribution in [2.24, 2.45) is 11.8 Å². The third-order valence-electron chi connectivity index (χ3n) is 11.2. The Hall–Kier alpha value is -6.05. The zero-order valence-corrected chi connectivity index (χ0v) is 39.6. The van der Waals surface area contributed by atoms with Crippen molar-refractivity contribution in [3.8, 4) is 0 Å². The summed E-state index contributed by atoms with van der Waals surface area (Å²) >= 11 is 0. The first kappa shape index (κ1) is 53.6. The molecule has 5 amide bonds. The lowest BCUT2D eigenvalue weighted by Crippen LogP contribution is -2.60. The summed E-state index contributed by atoms with van der Waals surface area (Å²) in [6, 6.07) is 14.2. The van der Waals surface area contributed by atoms with E-state index in [1.54, 1.807) is 19.1 Å². The molecule has 0 bridgehead atoms. The van der Waals surface area contributed by atoms with Gasteiger partial charge in [-0.25, -0.2) is 4.79 Å². The van der Waals surface area contributed by atoms with Crippen molar-refractivity contribution in [2.45, 2.75) is 116 Å². The molecule has 6 N–H and O–H groups in total. The van der Waals surface area contributed by atoms with Gasteiger partial charge in [-0.15, -0.1) is 5.10 Å². The number of amides is 5. The number of carbonyl (C=O) groups excluding carboxylic acids is 7.